The van der Waals surface area contributed by atoms with Crippen molar-refractivity contribution in [3.63, 3.8) is 0 Å². The molecule has 0 amide bonds. The van der Waals surface area contributed by atoms with Gasteiger partial charge in [-0.05, 0) is 49.6 Å². The highest BCUT2D eigenvalue weighted by atomic mass is 35.5. The number of Topliss-reactive ketones (excluding diaryl/α,β-unsaturated/α-hetero) is 1. The molecule has 6 rings (SSSR count). The van der Waals surface area contributed by atoms with Crippen LogP contribution >= 0.6 is 46.6 Å². The number of hydrogen-bond donors (Lipinski definition) is 2. The second kappa shape index (κ2) is 14.0. The van der Waals surface area contributed by atoms with Gasteiger partial charge in [0, 0.05) is 76.0 Å². The van der Waals surface area contributed by atoms with E-state index in [0.29, 0.717) is 51.1 Å². The lowest BCUT2D eigenvalue weighted by Crippen LogP contribution is -2.47. The molecule has 3 heterocycles. The molecule has 0 radical (unpaired) electrons. The molecular formula is C41H44Cl3N2O7S2+. The molecule has 3 aromatic carbocycles. The van der Waals surface area contributed by atoms with Gasteiger partial charge in [-0.15, -0.1) is 11.8 Å². The highest BCUT2D eigenvalue weighted by Gasteiger charge is 2.38. The quantitative estimate of drug-likeness (QED) is 0.0777. The van der Waals surface area contributed by atoms with Gasteiger partial charge in [-0.3, -0.25) is 9.35 Å². The van der Waals surface area contributed by atoms with Gasteiger partial charge in [0.1, 0.15) is 30.1 Å². The van der Waals surface area contributed by atoms with Gasteiger partial charge < -0.3 is 14.7 Å². The van der Waals surface area contributed by atoms with Crippen molar-refractivity contribution in [1.29, 1.82) is 0 Å². The molecule has 0 fully saturated rings. The smallest absolute Gasteiger partial charge is 0.337 e. The number of allylic oxidation sites excluding steroid dienone is 1. The van der Waals surface area contributed by atoms with E-state index in [1.807, 2.05) is 45.0 Å². The third-order valence-corrected chi connectivity index (χ3v) is 14.0. The van der Waals surface area contributed by atoms with Crippen LogP contribution in [0.1, 0.15) is 94.4 Å². The van der Waals surface area contributed by atoms with Crippen molar-refractivity contribution in [2.24, 2.45) is 5.41 Å². The third kappa shape index (κ3) is 7.25. The second-order valence-corrected chi connectivity index (χ2v) is 19.9. The Morgan fingerprint density at radius 1 is 0.927 bits per heavy atom. The van der Waals surface area contributed by atoms with Crippen LogP contribution in [0.2, 0.25) is 15.1 Å². The van der Waals surface area contributed by atoms with Crippen molar-refractivity contribution in [3.05, 3.63) is 89.9 Å². The minimum atomic E-state index is -4.47. The van der Waals surface area contributed by atoms with Crippen molar-refractivity contribution in [2.75, 3.05) is 30.5 Å². The SMILES string of the molecule is CCC1=CC(C)(C)[N+](C)=c2cc3c(cc21)=C(c1c(Cl)c(SCC(=O)C(C)(C)C)c(Cl)c(Cl)c1C(=O)O)c1cc2c(cc1O3)N(C)C(C)(C)C=C2CS(=O)(=O)O. The number of likely N-dealkylation sites (N-methyl/N-ethyl adjacent to an activating group) is 2. The standard InChI is InChI=1S/C41H43Cl3N2O7S2/c1-11-20-16-40(5,6)45(9)26-14-28-24(12-22(20)26)31(32-33(38(48)49)34(42)36(44)37(35(32)43)54-18-30(47)39(2,3)4)25-13-23-21(19-55(50,51)52)17-41(7,8)46(10)27(23)15-29(25)53-28/h12-17H,11,18-19H2,1-10H3,(H-,48,49,50,51,52)/p+1. The fourth-order valence-electron chi connectivity index (χ4n) is 7.29. The van der Waals surface area contributed by atoms with E-state index < -0.39 is 32.8 Å². The number of aromatic carboxylic acids is 1. The van der Waals surface area contributed by atoms with Gasteiger partial charge in [0.15, 0.2) is 5.54 Å². The number of carbonyl (C=O) groups excluding carboxylic acids is 1. The predicted molar refractivity (Wildman–Crippen MR) is 224 cm³/mol. The van der Waals surface area contributed by atoms with Crippen molar-refractivity contribution >= 4 is 90.8 Å². The highest BCUT2D eigenvalue weighted by molar-refractivity contribution is 8.00. The molecule has 0 bridgehead atoms. The summed E-state index contributed by atoms with van der Waals surface area (Å²) in [7, 11) is -0.584. The molecular weight excluding hydrogens is 803 g/mol. The van der Waals surface area contributed by atoms with E-state index in [2.05, 4.69) is 31.4 Å². The summed E-state index contributed by atoms with van der Waals surface area (Å²) in [6.07, 6.45) is 4.70. The molecule has 9 nitrogen and oxygen atoms in total. The Morgan fingerprint density at radius 2 is 1.58 bits per heavy atom. The van der Waals surface area contributed by atoms with E-state index >= 15 is 0 Å². The first-order valence-electron chi connectivity index (χ1n) is 17.7. The zero-order chi connectivity index (χ0) is 40.9. The molecule has 292 valence electrons. The Balaban J connectivity index is 1.81. The number of benzene rings is 3. The van der Waals surface area contributed by atoms with E-state index in [1.54, 1.807) is 39.0 Å². The summed E-state index contributed by atoms with van der Waals surface area (Å²) in [6, 6.07) is 7.45. The number of ether oxygens (including phenoxy) is 1. The second-order valence-electron chi connectivity index (χ2n) is 16.3. The van der Waals surface area contributed by atoms with Crippen LogP contribution in [0.4, 0.5) is 5.69 Å². The number of carboxylic acids is 1. The van der Waals surface area contributed by atoms with E-state index in [4.69, 9.17) is 39.5 Å². The third-order valence-electron chi connectivity index (χ3n) is 10.8. The summed E-state index contributed by atoms with van der Waals surface area (Å²) in [5.74, 6) is -1.32. The molecule has 0 atom stereocenters. The Morgan fingerprint density at radius 3 is 2.16 bits per heavy atom. The molecule has 0 saturated carbocycles. The number of carboxylic acid groups (broad SMARTS) is 1. The van der Waals surface area contributed by atoms with Crippen LogP contribution in [-0.2, 0) is 14.9 Å². The Kier molecular flexibility index (Phi) is 10.5. The van der Waals surface area contributed by atoms with E-state index in [1.165, 1.54) is 0 Å². The van der Waals surface area contributed by atoms with Crippen LogP contribution in [-0.4, -0.2) is 66.5 Å². The lowest BCUT2D eigenvalue weighted by Gasteiger charge is -2.41. The number of fused-ring (bicyclic) bond motifs is 4. The van der Waals surface area contributed by atoms with Crippen molar-refractivity contribution < 1.29 is 32.4 Å². The predicted octanol–water partition coefficient (Wildman–Crippen LogP) is 8.61. The highest BCUT2D eigenvalue weighted by Crippen LogP contribution is 2.51. The number of halogens is 3. The molecule has 3 aliphatic heterocycles. The molecule has 2 N–H and O–H groups in total. The Bertz CT molecular complexity index is 2550. The Labute approximate surface area is 341 Å². The van der Waals surface area contributed by atoms with Gasteiger partial charge in [-0.2, -0.15) is 8.42 Å². The zero-order valence-electron chi connectivity index (χ0n) is 32.4. The molecule has 0 spiro atoms. The minimum Gasteiger partial charge on any atom is -0.478 e. The largest absolute Gasteiger partial charge is 0.478 e. The topological polar surface area (TPSA) is 124 Å². The maximum absolute atomic E-state index is 13.3. The van der Waals surface area contributed by atoms with Crippen LogP contribution in [0, 0.1) is 5.41 Å². The van der Waals surface area contributed by atoms with Crippen LogP contribution in [0.5, 0.6) is 11.5 Å². The number of rotatable bonds is 8. The van der Waals surface area contributed by atoms with Crippen LogP contribution in [0.15, 0.2) is 41.3 Å². The number of hydrogen-bond acceptors (Lipinski definition) is 7. The first-order valence-corrected chi connectivity index (χ1v) is 21.4. The van der Waals surface area contributed by atoms with Crippen molar-refractivity contribution in [1.82, 2.24) is 4.58 Å². The lowest BCUT2D eigenvalue weighted by atomic mass is 9.83. The maximum Gasteiger partial charge on any atom is 0.337 e. The molecule has 3 aromatic rings. The average Bonchev–Trinajstić information content (AvgIpc) is 3.06. The molecule has 14 heteroatoms. The normalized spacial score (nSPS) is 17.0. The summed E-state index contributed by atoms with van der Waals surface area (Å²) in [5.41, 5.74) is 2.34. The minimum absolute atomic E-state index is 0.00353. The van der Waals surface area contributed by atoms with Crippen LogP contribution in [0.25, 0.3) is 16.7 Å². The van der Waals surface area contributed by atoms with Crippen molar-refractivity contribution in [3.8, 4) is 11.5 Å². The monoisotopic (exact) mass is 845 g/mol. The van der Waals surface area contributed by atoms with E-state index in [0.717, 1.165) is 28.3 Å². The molecule has 0 saturated heterocycles. The molecule has 3 aliphatic rings. The summed E-state index contributed by atoms with van der Waals surface area (Å²) >= 11 is 22.1. The molecule has 0 unspecified atom stereocenters. The molecule has 0 aliphatic carbocycles. The van der Waals surface area contributed by atoms with Gasteiger partial charge in [0.05, 0.1) is 38.0 Å². The number of ketones is 1. The van der Waals surface area contributed by atoms with Gasteiger partial charge in [0.2, 0.25) is 5.36 Å². The fraction of sp³-hybridized carbons (Fsp3) is 0.390. The molecule has 55 heavy (non-hydrogen) atoms. The number of thioether (sulfide) groups is 1. The van der Waals surface area contributed by atoms with Gasteiger partial charge in [-0.25, -0.2) is 9.37 Å². The lowest BCUT2D eigenvalue weighted by molar-refractivity contribution is -0.123. The van der Waals surface area contributed by atoms with Crippen molar-refractivity contribution in [2.45, 2.75) is 77.8 Å². The van der Waals surface area contributed by atoms with Gasteiger partial charge in [0.25, 0.3) is 10.1 Å². The maximum atomic E-state index is 13.3. The zero-order valence-corrected chi connectivity index (χ0v) is 36.3. The number of nitrogens with zero attached hydrogens (tertiary/aromatic N) is 2. The van der Waals surface area contributed by atoms with E-state index in [-0.39, 0.29) is 48.2 Å². The summed E-state index contributed by atoms with van der Waals surface area (Å²) < 4.78 is 43.7. The first kappa shape index (κ1) is 41.3. The van der Waals surface area contributed by atoms with E-state index in [9.17, 15) is 27.7 Å². The average molecular weight is 847 g/mol. The summed E-state index contributed by atoms with van der Waals surface area (Å²) in [6.45, 7) is 15.6. The summed E-state index contributed by atoms with van der Waals surface area (Å²) in [4.78, 5) is 28.6. The van der Waals surface area contributed by atoms with Crippen LogP contribution < -0.4 is 24.8 Å². The van der Waals surface area contributed by atoms with Gasteiger partial charge in [-0.1, -0.05) is 68.6 Å². The fourth-order valence-corrected chi connectivity index (χ4v) is 10.3. The Hall–Kier alpha value is -3.32. The van der Waals surface area contributed by atoms with Gasteiger partial charge >= 0.3 is 5.97 Å². The first-order chi connectivity index (χ1) is 25.3. The number of carbonyl (C=O) groups is 2. The van der Waals surface area contributed by atoms with Crippen LogP contribution in [0.3, 0.4) is 0 Å². The summed E-state index contributed by atoms with van der Waals surface area (Å²) in [5, 5.41) is 11.9. The number of anilines is 1. The molecule has 0 aromatic heterocycles.